The third-order valence-electron chi connectivity index (χ3n) is 2.27. The molecule has 1 nitrogen and oxygen atoms in total. The van der Waals surface area contributed by atoms with E-state index in [0.29, 0.717) is 4.47 Å². The monoisotopic (exact) mass is 259 g/mol. The van der Waals surface area contributed by atoms with E-state index in [1.807, 2.05) is 13.1 Å². The van der Waals surface area contributed by atoms with Gasteiger partial charge in [0.05, 0.1) is 4.47 Å². The number of rotatable bonds is 4. The van der Waals surface area contributed by atoms with Gasteiger partial charge < -0.3 is 5.32 Å². The maximum atomic E-state index is 13.2. The van der Waals surface area contributed by atoms with Crippen LogP contribution in [0.15, 0.2) is 22.7 Å². The second-order valence-corrected chi connectivity index (χ2v) is 4.16. The Morgan fingerprint density at radius 1 is 1.50 bits per heavy atom. The fraction of sp³-hybridized carbons (Fsp3) is 0.455. The maximum Gasteiger partial charge on any atom is 0.137 e. The van der Waals surface area contributed by atoms with E-state index in [0.717, 1.165) is 18.4 Å². The third-order valence-corrected chi connectivity index (χ3v) is 2.91. The SMILES string of the molecule is CCCC(NC)c1ccc(Br)c(F)c1. The molecule has 0 heterocycles. The molecule has 1 aromatic rings. The molecule has 0 aliphatic carbocycles. The Kier molecular flexibility index (Phi) is 4.55. The van der Waals surface area contributed by atoms with Gasteiger partial charge in [-0.1, -0.05) is 19.4 Å². The first kappa shape index (κ1) is 11.7. The molecule has 0 radical (unpaired) electrons. The first-order valence-corrected chi connectivity index (χ1v) is 5.60. The van der Waals surface area contributed by atoms with Crippen LogP contribution in [0.3, 0.4) is 0 Å². The zero-order valence-corrected chi connectivity index (χ0v) is 10.1. The molecule has 0 aromatic heterocycles. The Bertz CT molecular complexity index is 301. The first-order valence-electron chi connectivity index (χ1n) is 4.81. The van der Waals surface area contributed by atoms with Crippen LogP contribution in [0.25, 0.3) is 0 Å². The summed E-state index contributed by atoms with van der Waals surface area (Å²) in [5.74, 6) is -0.196. The lowest BCUT2D eigenvalue weighted by atomic mass is 10.0. The summed E-state index contributed by atoms with van der Waals surface area (Å²) in [6.07, 6.45) is 2.11. The highest BCUT2D eigenvalue weighted by atomic mass is 79.9. The van der Waals surface area contributed by atoms with Crippen LogP contribution >= 0.6 is 15.9 Å². The second kappa shape index (κ2) is 5.47. The summed E-state index contributed by atoms with van der Waals surface area (Å²) in [6, 6.07) is 5.54. The molecule has 0 aliphatic rings. The van der Waals surface area contributed by atoms with Crippen LogP contribution in [-0.2, 0) is 0 Å². The van der Waals surface area contributed by atoms with Gasteiger partial charge in [0.1, 0.15) is 5.82 Å². The van der Waals surface area contributed by atoms with Gasteiger partial charge in [-0.25, -0.2) is 4.39 Å². The summed E-state index contributed by atoms with van der Waals surface area (Å²) in [4.78, 5) is 0. The van der Waals surface area contributed by atoms with E-state index in [9.17, 15) is 4.39 Å². The minimum Gasteiger partial charge on any atom is -0.313 e. The number of halogens is 2. The van der Waals surface area contributed by atoms with E-state index >= 15 is 0 Å². The summed E-state index contributed by atoms with van der Waals surface area (Å²) >= 11 is 3.14. The molecule has 0 saturated heterocycles. The summed E-state index contributed by atoms with van der Waals surface area (Å²) < 4.78 is 13.8. The molecule has 1 rings (SSSR count). The Morgan fingerprint density at radius 3 is 2.71 bits per heavy atom. The minimum absolute atomic E-state index is 0.196. The van der Waals surface area contributed by atoms with Crippen LogP contribution in [0.2, 0.25) is 0 Å². The average Bonchev–Trinajstić information content (AvgIpc) is 2.19. The van der Waals surface area contributed by atoms with E-state index < -0.39 is 0 Å². The lowest BCUT2D eigenvalue weighted by molar-refractivity contribution is 0.534. The minimum atomic E-state index is -0.196. The quantitative estimate of drug-likeness (QED) is 0.871. The van der Waals surface area contributed by atoms with Crippen molar-refractivity contribution in [2.45, 2.75) is 25.8 Å². The van der Waals surface area contributed by atoms with Crippen LogP contribution in [0.5, 0.6) is 0 Å². The molecule has 78 valence electrons. The molecule has 0 bridgehead atoms. The molecule has 3 heteroatoms. The molecule has 0 spiro atoms. The standard InChI is InChI=1S/C11H15BrFN/c1-3-4-11(14-2)8-5-6-9(12)10(13)7-8/h5-7,11,14H,3-4H2,1-2H3. The lowest BCUT2D eigenvalue weighted by Crippen LogP contribution is -2.16. The molecule has 1 unspecified atom stereocenters. The van der Waals surface area contributed by atoms with E-state index in [1.54, 1.807) is 12.1 Å². The van der Waals surface area contributed by atoms with E-state index in [2.05, 4.69) is 28.2 Å². The van der Waals surface area contributed by atoms with Crippen molar-refractivity contribution in [3.63, 3.8) is 0 Å². The van der Waals surface area contributed by atoms with Gasteiger partial charge in [0.2, 0.25) is 0 Å². The van der Waals surface area contributed by atoms with Crippen molar-refractivity contribution >= 4 is 15.9 Å². The van der Waals surface area contributed by atoms with Crippen molar-refractivity contribution < 1.29 is 4.39 Å². The molecule has 1 aromatic carbocycles. The van der Waals surface area contributed by atoms with Crippen molar-refractivity contribution in [1.82, 2.24) is 5.32 Å². The summed E-state index contributed by atoms with van der Waals surface area (Å²) in [5, 5.41) is 3.18. The molecule has 1 atom stereocenters. The van der Waals surface area contributed by atoms with Crippen molar-refractivity contribution in [3.8, 4) is 0 Å². The summed E-state index contributed by atoms with van der Waals surface area (Å²) in [7, 11) is 1.90. The first-order chi connectivity index (χ1) is 6.69. The summed E-state index contributed by atoms with van der Waals surface area (Å²) in [6.45, 7) is 2.12. The van der Waals surface area contributed by atoms with Crippen LogP contribution in [0.1, 0.15) is 31.4 Å². The highest BCUT2D eigenvalue weighted by Crippen LogP contribution is 2.23. The Hall–Kier alpha value is -0.410. The van der Waals surface area contributed by atoms with Gasteiger partial charge in [0.25, 0.3) is 0 Å². The Morgan fingerprint density at radius 2 is 2.21 bits per heavy atom. The van der Waals surface area contributed by atoms with E-state index in [1.165, 1.54) is 0 Å². The number of hydrogen-bond acceptors (Lipinski definition) is 1. The van der Waals surface area contributed by atoms with Crippen LogP contribution < -0.4 is 5.32 Å². The third kappa shape index (κ3) is 2.79. The maximum absolute atomic E-state index is 13.2. The number of nitrogens with one attached hydrogen (secondary N) is 1. The fourth-order valence-electron chi connectivity index (χ4n) is 1.50. The predicted octanol–water partition coefficient (Wildman–Crippen LogP) is 3.65. The van der Waals surface area contributed by atoms with Crippen molar-refractivity contribution in [2.75, 3.05) is 7.05 Å². The largest absolute Gasteiger partial charge is 0.313 e. The van der Waals surface area contributed by atoms with Gasteiger partial charge in [-0.15, -0.1) is 0 Å². The second-order valence-electron chi connectivity index (χ2n) is 3.30. The smallest absolute Gasteiger partial charge is 0.137 e. The average molecular weight is 260 g/mol. The molecule has 1 N–H and O–H groups in total. The molecular weight excluding hydrogens is 245 g/mol. The molecule has 0 fully saturated rings. The van der Waals surface area contributed by atoms with Crippen molar-refractivity contribution in [3.05, 3.63) is 34.1 Å². The van der Waals surface area contributed by atoms with Gasteiger partial charge in [-0.2, -0.15) is 0 Å². The highest BCUT2D eigenvalue weighted by molar-refractivity contribution is 9.10. The van der Waals surface area contributed by atoms with Gasteiger partial charge in [0, 0.05) is 6.04 Å². The molecule has 0 aliphatic heterocycles. The number of benzene rings is 1. The van der Waals surface area contributed by atoms with Gasteiger partial charge in [0.15, 0.2) is 0 Å². The molecular formula is C11H15BrFN. The van der Waals surface area contributed by atoms with Gasteiger partial charge in [-0.3, -0.25) is 0 Å². The summed E-state index contributed by atoms with van der Waals surface area (Å²) in [5.41, 5.74) is 1.01. The molecule has 0 amide bonds. The van der Waals surface area contributed by atoms with Gasteiger partial charge in [-0.05, 0) is 47.1 Å². The van der Waals surface area contributed by atoms with Gasteiger partial charge >= 0.3 is 0 Å². The zero-order valence-electron chi connectivity index (χ0n) is 8.48. The lowest BCUT2D eigenvalue weighted by Gasteiger charge is -2.15. The highest BCUT2D eigenvalue weighted by Gasteiger charge is 2.09. The fourth-order valence-corrected chi connectivity index (χ4v) is 1.74. The van der Waals surface area contributed by atoms with Crippen LogP contribution in [0.4, 0.5) is 4.39 Å². The van der Waals surface area contributed by atoms with Crippen LogP contribution in [0, 0.1) is 5.82 Å². The molecule has 14 heavy (non-hydrogen) atoms. The Balaban J connectivity index is 2.88. The Labute approximate surface area is 92.8 Å². The zero-order chi connectivity index (χ0) is 10.6. The topological polar surface area (TPSA) is 12.0 Å². The van der Waals surface area contributed by atoms with Crippen molar-refractivity contribution in [2.24, 2.45) is 0 Å². The van der Waals surface area contributed by atoms with Crippen molar-refractivity contribution in [1.29, 1.82) is 0 Å². The number of hydrogen-bond donors (Lipinski definition) is 1. The van der Waals surface area contributed by atoms with E-state index in [-0.39, 0.29) is 11.9 Å². The molecule has 0 saturated carbocycles. The predicted molar refractivity (Wildman–Crippen MR) is 60.8 cm³/mol. The van der Waals surface area contributed by atoms with Crippen LogP contribution in [-0.4, -0.2) is 7.05 Å². The van der Waals surface area contributed by atoms with E-state index in [4.69, 9.17) is 0 Å². The normalized spacial score (nSPS) is 12.9.